The van der Waals surface area contributed by atoms with Crippen LogP contribution in [0, 0.1) is 10.1 Å². The maximum absolute atomic E-state index is 13.0. The Morgan fingerprint density at radius 3 is 2.58 bits per heavy atom. The molecular formula is C26H22N4O5S. The summed E-state index contributed by atoms with van der Waals surface area (Å²) in [6.45, 7) is 0.928. The van der Waals surface area contributed by atoms with Crippen molar-refractivity contribution in [2.24, 2.45) is 0 Å². The summed E-state index contributed by atoms with van der Waals surface area (Å²) in [4.78, 5) is 52.3. The fourth-order valence-electron chi connectivity index (χ4n) is 4.42. The third kappa shape index (κ3) is 4.67. The Morgan fingerprint density at radius 2 is 1.78 bits per heavy atom. The van der Waals surface area contributed by atoms with Crippen molar-refractivity contribution in [2.45, 2.75) is 19.5 Å². The predicted molar refractivity (Wildman–Crippen MR) is 135 cm³/mol. The Morgan fingerprint density at radius 1 is 1.03 bits per heavy atom. The molecule has 0 atom stereocenters. The van der Waals surface area contributed by atoms with Gasteiger partial charge in [0.1, 0.15) is 6.54 Å². The van der Waals surface area contributed by atoms with Crippen LogP contribution in [0.15, 0.2) is 71.8 Å². The van der Waals surface area contributed by atoms with Crippen molar-refractivity contribution in [3.63, 3.8) is 0 Å². The molecule has 0 unspecified atom stereocenters. The van der Waals surface area contributed by atoms with E-state index < -0.39 is 16.1 Å². The standard InChI is InChI=1S/C26H22N4O5S/c31-24(28-13-11-18-6-1-2-7-19(18)15-28)17-29-25(32)23(36-26(29)33)14-21-9-5-12-27(21)16-20-8-3-4-10-22(20)30(34)35/h1-10,12,14H,11,13,15-17H2/b23-14+. The quantitative estimate of drug-likeness (QED) is 0.286. The maximum Gasteiger partial charge on any atom is 0.294 e. The van der Waals surface area contributed by atoms with Crippen LogP contribution >= 0.6 is 11.8 Å². The minimum atomic E-state index is -0.519. The van der Waals surface area contributed by atoms with Gasteiger partial charge >= 0.3 is 0 Å². The van der Waals surface area contributed by atoms with Crippen LogP contribution in [0.5, 0.6) is 0 Å². The number of thioether (sulfide) groups is 1. The van der Waals surface area contributed by atoms with Crippen molar-refractivity contribution >= 4 is 40.6 Å². The number of nitrogens with zero attached hydrogens (tertiary/aromatic N) is 4. The van der Waals surface area contributed by atoms with Gasteiger partial charge in [-0.3, -0.25) is 29.4 Å². The maximum atomic E-state index is 13.0. The van der Waals surface area contributed by atoms with Crippen LogP contribution in [-0.2, 0) is 29.1 Å². The Kier molecular flexibility index (Phi) is 6.43. The predicted octanol–water partition coefficient (Wildman–Crippen LogP) is 4.07. The molecule has 3 aromatic rings. The number of para-hydroxylation sites is 1. The van der Waals surface area contributed by atoms with Gasteiger partial charge in [-0.1, -0.05) is 42.5 Å². The summed E-state index contributed by atoms with van der Waals surface area (Å²) >= 11 is 0.787. The molecule has 1 fully saturated rings. The summed E-state index contributed by atoms with van der Waals surface area (Å²) < 4.78 is 1.77. The van der Waals surface area contributed by atoms with Crippen LogP contribution in [-0.4, -0.2) is 49.4 Å². The molecular weight excluding hydrogens is 480 g/mol. The summed E-state index contributed by atoms with van der Waals surface area (Å²) in [6, 6.07) is 17.9. The summed E-state index contributed by atoms with van der Waals surface area (Å²) in [7, 11) is 0. The molecule has 0 N–H and O–H groups in total. The Labute approximate surface area is 211 Å². The average molecular weight is 503 g/mol. The highest BCUT2D eigenvalue weighted by Gasteiger charge is 2.37. The lowest BCUT2D eigenvalue weighted by Crippen LogP contribution is -2.44. The molecule has 3 amide bonds. The summed E-state index contributed by atoms with van der Waals surface area (Å²) in [5.41, 5.74) is 3.44. The zero-order valence-electron chi connectivity index (χ0n) is 19.2. The van der Waals surface area contributed by atoms with Crippen LogP contribution in [0.3, 0.4) is 0 Å². The SMILES string of the molecule is O=C(CN1C(=O)S/C(=C/c2cccn2Cc2ccccc2[N+](=O)[O-])C1=O)N1CCc2ccccc2C1. The highest BCUT2D eigenvalue weighted by Crippen LogP contribution is 2.33. The van der Waals surface area contributed by atoms with E-state index in [4.69, 9.17) is 0 Å². The zero-order chi connectivity index (χ0) is 25.2. The van der Waals surface area contributed by atoms with Gasteiger partial charge in [0, 0.05) is 36.6 Å². The molecule has 0 aliphatic carbocycles. The number of rotatable bonds is 6. The number of carbonyl (C=O) groups is 3. The minimum Gasteiger partial charge on any atom is -0.343 e. The van der Waals surface area contributed by atoms with Crippen molar-refractivity contribution in [1.29, 1.82) is 0 Å². The number of benzene rings is 2. The number of aromatic nitrogens is 1. The zero-order valence-corrected chi connectivity index (χ0v) is 20.0. The van der Waals surface area contributed by atoms with Gasteiger partial charge in [-0.25, -0.2) is 0 Å². The van der Waals surface area contributed by atoms with E-state index in [1.54, 1.807) is 52.1 Å². The fraction of sp³-hybridized carbons (Fsp3) is 0.192. The lowest BCUT2D eigenvalue weighted by atomic mass is 10.00. The molecule has 5 rings (SSSR count). The van der Waals surface area contributed by atoms with Crippen LogP contribution in [0.2, 0.25) is 0 Å². The molecule has 0 saturated carbocycles. The van der Waals surface area contributed by atoms with Crippen molar-refractivity contribution in [3.8, 4) is 0 Å². The molecule has 0 spiro atoms. The first-order valence-corrected chi connectivity index (χ1v) is 12.2. The van der Waals surface area contributed by atoms with Gasteiger partial charge in [0.2, 0.25) is 5.91 Å². The highest BCUT2D eigenvalue weighted by molar-refractivity contribution is 8.18. The first kappa shape index (κ1) is 23.6. The van der Waals surface area contributed by atoms with E-state index in [1.807, 2.05) is 24.3 Å². The van der Waals surface area contributed by atoms with Gasteiger partial charge in [0.05, 0.1) is 16.4 Å². The topological polar surface area (TPSA) is 106 Å². The second-order valence-corrected chi connectivity index (χ2v) is 9.54. The molecule has 2 aliphatic heterocycles. The van der Waals surface area contributed by atoms with E-state index in [0.717, 1.165) is 28.6 Å². The van der Waals surface area contributed by atoms with E-state index in [1.165, 1.54) is 11.6 Å². The molecule has 10 heteroatoms. The van der Waals surface area contributed by atoms with Crippen molar-refractivity contribution in [1.82, 2.24) is 14.4 Å². The van der Waals surface area contributed by atoms with E-state index in [-0.39, 0.29) is 29.6 Å². The van der Waals surface area contributed by atoms with Crippen molar-refractivity contribution in [2.75, 3.05) is 13.1 Å². The van der Waals surface area contributed by atoms with Crippen LogP contribution in [0.4, 0.5) is 10.5 Å². The number of nitro groups is 1. The van der Waals surface area contributed by atoms with Gasteiger partial charge in [-0.05, 0) is 47.5 Å². The smallest absolute Gasteiger partial charge is 0.294 e. The van der Waals surface area contributed by atoms with E-state index in [2.05, 4.69) is 0 Å². The van der Waals surface area contributed by atoms with E-state index in [0.29, 0.717) is 24.3 Å². The number of hydrogen-bond acceptors (Lipinski definition) is 6. The van der Waals surface area contributed by atoms with Crippen LogP contribution in [0.25, 0.3) is 6.08 Å². The van der Waals surface area contributed by atoms with Crippen molar-refractivity contribution in [3.05, 3.63) is 104 Å². The summed E-state index contributed by atoms with van der Waals surface area (Å²) in [6.07, 6.45) is 4.08. The molecule has 2 aromatic carbocycles. The third-order valence-electron chi connectivity index (χ3n) is 6.32. The third-order valence-corrected chi connectivity index (χ3v) is 7.23. The molecule has 0 radical (unpaired) electrons. The average Bonchev–Trinajstić information content (AvgIpc) is 3.42. The van der Waals surface area contributed by atoms with Gasteiger partial charge in [-0.15, -0.1) is 0 Å². The number of amides is 3. The monoisotopic (exact) mass is 502 g/mol. The first-order valence-electron chi connectivity index (χ1n) is 11.4. The second kappa shape index (κ2) is 9.82. The number of nitro benzene ring substituents is 1. The molecule has 3 heterocycles. The Balaban J connectivity index is 1.30. The number of fused-ring (bicyclic) bond motifs is 1. The Hall–Kier alpha value is -4.18. The molecule has 1 saturated heterocycles. The lowest BCUT2D eigenvalue weighted by molar-refractivity contribution is -0.385. The van der Waals surface area contributed by atoms with Gasteiger partial charge in [0.15, 0.2) is 0 Å². The van der Waals surface area contributed by atoms with E-state index >= 15 is 0 Å². The summed E-state index contributed by atoms with van der Waals surface area (Å²) in [5, 5.41) is 10.9. The Bertz CT molecular complexity index is 1410. The van der Waals surface area contributed by atoms with Gasteiger partial charge in [-0.2, -0.15) is 0 Å². The number of imide groups is 1. The highest BCUT2D eigenvalue weighted by atomic mass is 32.2. The summed E-state index contributed by atoms with van der Waals surface area (Å²) in [5.74, 6) is -0.790. The first-order chi connectivity index (χ1) is 17.4. The molecule has 2 aliphatic rings. The largest absolute Gasteiger partial charge is 0.343 e. The molecule has 1 aromatic heterocycles. The second-order valence-electron chi connectivity index (χ2n) is 8.55. The van der Waals surface area contributed by atoms with Crippen LogP contribution in [0.1, 0.15) is 22.4 Å². The molecule has 9 nitrogen and oxygen atoms in total. The van der Waals surface area contributed by atoms with E-state index in [9.17, 15) is 24.5 Å². The lowest BCUT2D eigenvalue weighted by Gasteiger charge is -2.29. The van der Waals surface area contributed by atoms with Gasteiger partial charge in [0.25, 0.3) is 16.8 Å². The number of carbonyl (C=O) groups excluding carboxylic acids is 3. The number of hydrogen-bond donors (Lipinski definition) is 0. The molecule has 182 valence electrons. The van der Waals surface area contributed by atoms with Crippen LogP contribution < -0.4 is 0 Å². The van der Waals surface area contributed by atoms with Crippen molar-refractivity contribution < 1.29 is 19.3 Å². The molecule has 36 heavy (non-hydrogen) atoms. The molecule has 0 bridgehead atoms. The van der Waals surface area contributed by atoms with Gasteiger partial charge < -0.3 is 9.47 Å². The minimum absolute atomic E-state index is 0.0105. The normalized spacial score (nSPS) is 16.5. The fourth-order valence-corrected chi connectivity index (χ4v) is 5.25.